The molecule has 1 aromatic rings. The highest BCUT2D eigenvalue weighted by atomic mass is 35.5. The van der Waals surface area contributed by atoms with E-state index in [-0.39, 0.29) is 18.4 Å². The molecule has 150 valence electrons. The van der Waals surface area contributed by atoms with Gasteiger partial charge in [0.15, 0.2) is 0 Å². The van der Waals surface area contributed by atoms with Crippen LogP contribution in [0.3, 0.4) is 0 Å². The highest BCUT2D eigenvalue weighted by molar-refractivity contribution is 6.31. The lowest BCUT2D eigenvalue weighted by molar-refractivity contribution is -0.183. The summed E-state index contributed by atoms with van der Waals surface area (Å²) in [6.07, 6.45) is 4.74. The maximum atomic E-state index is 13.6. The molecule has 6 nitrogen and oxygen atoms in total. The van der Waals surface area contributed by atoms with Gasteiger partial charge >= 0.3 is 0 Å². The van der Waals surface area contributed by atoms with Crippen LogP contribution in [0.2, 0.25) is 5.02 Å². The molecule has 2 amide bonds. The number of imide groups is 1. The van der Waals surface area contributed by atoms with E-state index in [0.29, 0.717) is 37.1 Å². The van der Waals surface area contributed by atoms with Crippen molar-refractivity contribution in [2.24, 2.45) is 0 Å². The van der Waals surface area contributed by atoms with Crippen LogP contribution in [0, 0.1) is 0 Å². The Labute approximate surface area is 170 Å². The number of carbonyl (C=O) groups is 2. The van der Waals surface area contributed by atoms with Gasteiger partial charge in [0.1, 0.15) is 5.54 Å². The fourth-order valence-corrected chi connectivity index (χ4v) is 5.79. The Balaban J connectivity index is 1.44. The summed E-state index contributed by atoms with van der Waals surface area (Å²) in [7, 11) is 0. The van der Waals surface area contributed by atoms with Gasteiger partial charge in [0.25, 0.3) is 5.91 Å². The summed E-state index contributed by atoms with van der Waals surface area (Å²) < 4.78 is 0. The molecule has 7 heteroatoms. The van der Waals surface area contributed by atoms with E-state index in [1.54, 1.807) is 6.07 Å². The van der Waals surface area contributed by atoms with E-state index >= 15 is 0 Å². The molecule has 5 rings (SSSR count). The maximum Gasteiger partial charge on any atom is 0.252 e. The number of carbonyl (C=O) groups excluding carboxylic acids is 2. The average Bonchev–Trinajstić information content (AvgIpc) is 3.29. The molecule has 1 spiro atoms. The fourth-order valence-electron chi connectivity index (χ4n) is 5.59. The average molecular weight is 404 g/mol. The minimum Gasteiger partial charge on any atom is -0.392 e. The van der Waals surface area contributed by atoms with Crippen molar-refractivity contribution in [2.45, 2.75) is 62.4 Å². The van der Waals surface area contributed by atoms with Crippen LogP contribution in [-0.4, -0.2) is 75.0 Å². The van der Waals surface area contributed by atoms with Crippen molar-refractivity contribution in [3.8, 4) is 0 Å². The fraction of sp³-hybridized carbons (Fsp3) is 0.619. The lowest BCUT2D eigenvalue weighted by Gasteiger charge is -2.60. The molecule has 28 heavy (non-hydrogen) atoms. The number of likely N-dealkylation sites (tertiary alicyclic amines) is 1. The number of β-amino-alcohol motifs (C(OH)–C–C–N with tert-alkyl or cyclic N) is 1. The summed E-state index contributed by atoms with van der Waals surface area (Å²) >= 11 is 6.29. The summed E-state index contributed by atoms with van der Waals surface area (Å²) in [4.78, 5) is 32.5. The smallest absolute Gasteiger partial charge is 0.252 e. The van der Waals surface area contributed by atoms with Crippen LogP contribution in [0.25, 0.3) is 0 Å². The van der Waals surface area contributed by atoms with E-state index in [9.17, 15) is 14.7 Å². The number of amides is 2. The Bertz CT molecular complexity index is 804. The molecule has 4 fully saturated rings. The Morgan fingerprint density at radius 3 is 2.57 bits per heavy atom. The van der Waals surface area contributed by atoms with Gasteiger partial charge in [-0.2, -0.15) is 0 Å². The van der Waals surface area contributed by atoms with Gasteiger partial charge in [0, 0.05) is 30.7 Å². The minimum atomic E-state index is -0.681. The van der Waals surface area contributed by atoms with Crippen LogP contribution in [-0.2, 0) is 16.1 Å². The van der Waals surface area contributed by atoms with Crippen molar-refractivity contribution in [1.82, 2.24) is 14.7 Å². The largest absolute Gasteiger partial charge is 0.392 e. The minimum absolute atomic E-state index is 0.128. The molecular weight excluding hydrogens is 378 g/mol. The molecular formula is C21H26ClN3O3. The first-order valence-corrected chi connectivity index (χ1v) is 10.7. The number of hydrogen-bond acceptors (Lipinski definition) is 5. The van der Waals surface area contributed by atoms with Gasteiger partial charge < -0.3 is 5.11 Å². The number of halogens is 1. The van der Waals surface area contributed by atoms with E-state index in [1.807, 2.05) is 23.1 Å². The number of aliphatic hydroxyl groups is 1. The molecule has 3 heterocycles. The number of aliphatic hydroxyl groups excluding tert-OH is 1. The second kappa shape index (κ2) is 6.80. The first-order valence-electron chi connectivity index (χ1n) is 10.3. The molecule has 1 aliphatic carbocycles. The first-order chi connectivity index (χ1) is 13.5. The zero-order chi connectivity index (χ0) is 19.5. The summed E-state index contributed by atoms with van der Waals surface area (Å²) in [5.41, 5.74) is 0.0971. The number of benzene rings is 1. The number of fused-ring (bicyclic) bond motifs is 2. The monoisotopic (exact) mass is 403 g/mol. The van der Waals surface area contributed by atoms with Gasteiger partial charge in [-0.25, -0.2) is 0 Å². The van der Waals surface area contributed by atoms with Gasteiger partial charge in [-0.05, 0) is 30.9 Å². The summed E-state index contributed by atoms with van der Waals surface area (Å²) in [6.45, 7) is 1.92. The Morgan fingerprint density at radius 2 is 1.86 bits per heavy atom. The van der Waals surface area contributed by atoms with Crippen molar-refractivity contribution in [3.05, 3.63) is 34.9 Å². The molecule has 2 unspecified atom stereocenters. The van der Waals surface area contributed by atoms with Crippen molar-refractivity contribution < 1.29 is 14.7 Å². The predicted octanol–water partition coefficient (Wildman–Crippen LogP) is 1.64. The van der Waals surface area contributed by atoms with Gasteiger partial charge in [-0.15, -0.1) is 0 Å². The molecule has 4 aliphatic rings. The van der Waals surface area contributed by atoms with Crippen LogP contribution in [0.4, 0.5) is 0 Å². The van der Waals surface area contributed by atoms with Crippen LogP contribution in [0.5, 0.6) is 0 Å². The van der Waals surface area contributed by atoms with E-state index in [4.69, 9.17) is 11.6 Å². The summed E-state index contributed by atoms with van der Waals surface area (Å²) in [6, 6.07) is 7.49. The zero-order valence-corrected chi connectivity index (χ0v) is 16.6. The lowest BCUT2D eigenvalue weighted by atomic mass is 9.81. The van der Waals surface area contributed by atoms with Crippen molar-refractivity contribution in [3.63, 3.8) is 0 Å². The highest BCUT2D eigenvalue weighted by Crippen LogP contribution is 2.43. The Morgan fingerprint density at radius 1 is 1.14 bits per heavy atom. The van der Waals surface area contributed by atoms with Crippen molar-refractivity contribution in [1.29, 1.82) is 0 Å². The van der Waals surface area contributed by atoms with Crippen LogP contribution < -0.4 is 0 Å². The molecule has 1 N–H and O–H groups in total. The third kappa shape index (κ3) is 2.73. The lowest BCUT2D eigenvalue weighted by Crippen LogP contribution is -2.82. The van der Waals surface area contributed by atoms with Gasteiger partial charge in [0.2, 0.25) is 5.91 Å². The van der Waals surface area contributed by atoms with Crippen LogP contribution in [0.15, 0.2) is 24.3 Å². The zero-order valence-electron chi connectivity index (χ0n) is 15.9. The SMILES string of the molecule is O=C1C2CC(O)CN2C2(CN(C3CCCC3)C2)C(=O)N1Cc1ccccc1Cl. The predicted molar refractivity (Wildman–Crippen MR) is 105 cm³/mol. The van der Waals surface area contributed by atoms with E-state index in [1.165, 1.54) is 30.6 Å². The molecule has 0 bridgehead atoms. The molecule has 1 saturated carbocycles. The van der Waals surface area contributed by atoms with Crippen LogP contribution >= 0.6 is 11.6 Å². The third-order valence-corrected chi connectivity index (χ3v) is 7.45. The standard InChI is InChI=1S/C21H26ClN3O3/c22-17-8-4-1-5-14(17)10-24-19(27)18-9-16(26)11-25(18)21(20(24)28)12-23(13-21)15-6-2-3-7-15/h1,4-5,8,15-16,18,26H,2-3,6-7,9-13H2. The summed E-state index contributed by atoms with van der Waals surface area (Å²) in [5.74, 6) is -0.330. The first kappa shape index (κ1) is 18.6. The van der Waals surface area contributed by atoms with Crippen LogP contribution in [0.1, 0.15) is 37.7 Å². The van der Waals surface area contributed by atoms with Crippen molar-refractivity contribution >= 4 is 23.4 Å². The number of rotatable bonds is 3. The topological polar surface area (TPSA) is 64.1 Å². The number of hydrogen-bond donors (Lipinski definition) is 1. The summed E-state index contributed by atoms with van der Waals surface area (Å²) in [5, 5.41) is 10.8. The Hall–Kier alpha value is -1.47. The Kier molecular flexibility index (Phi) is 4.51. The molecule has 2 atom stereocenters. The van der Waals surface area contributed by atoms with Crippen molar-refractivity contribution in [2.75, 3.05) is 19.6 Å². The maximum absolute atomic E-state index is 13.6. The second-order valence-corrected chi connectivity index (χ2v) is 9.16. The van der Waals surface area contributed by atoms with Gasteiger partial charge in [-0.3, -0.25) is 24.3 Å². The normalized spacial score (nSPS) is 30.9. The molecule has 3 saturated heterocycles. The molecule has 3 aliphatic heterocycles. The quantitative estimate of drug-likeness (QED) is 0.777. The molecule has 1 aromatic carbocycles. The van der Waals surface area contributed by atoms with Gasteiger partial charge in [0.05, 0.1) is 18.7 Å². The number of nitrogens with zero attached hydrogens (tertiary/aromatic N) is 3. The molecule has 0 aromatic heterocycles. The number of piperazine rings is 1. The van der Waals surface area contributed by atoms with Gasteiger partial charge in [-0.1, -0.05) is 42.6 Å². The van der Waals surface area contributed by atoms with E-state index in [2.05, 4.69) is 4.90 Å². The van der Waals surface area contributed by atoms with E-state index < -0.39 is 17.7 Å². The third-order valence-electron chi connectivity index (χ3n) is 7.08. The second-order valence-electron chi connectivity index (χ2n) is 8.75. The highest BCUT2D eigenvalue weighted by Gasteiger charge is 2.64. The van der Waals surface area contributed by atoms with E-state index in [0.717, 1.165) is 5.56 Å². The molecule has 0 radical (unpaired) electrons.